The van der Waals surface area contributed by atoms with E-state index < -0.39 is 10.0 Å². The number of halogens is 3. The van der Waals surface area contributed by atoms with E-state index in [4.69, 9.17) is 34.8 Å². The van der Waals surface area contributed by atoms with Crippen molar-refractivity contribution in [3.63, 3.8) is 0 Å². The molecule has 1 aliphatic rings. The van der Waals surface area contributed by atoms with Crippen LogP contribution in [0.5, 0.6) is 0 Å². The first kappa shape index (κ1) is 17.8. The fraction of sp³-hybridized carbons (Fsp3) is 0.176. The van der Waals surface area contributed by atoms with Crippen molar-refractivity contribution in [3.8, 4) is 0 Å². The van der Waals surface area contributed by atoms with Crippen molar-refractivity contribution in [3.05, 3.63) is 69.2 Å². The van der Waals surface area contributed by atoms with E-state index in [9.17, 15) is 8.42 Å². The maximum atomic E-state index is 12.8. The largest absolute Gasteiger partial charge is 0.244 e. The predicted molar refractivity (Wildman–Crippen MR) is 99.3 cm³/mol. The lowest BCUT2D eigenvalue weighted by Crippen LogP contribution is -2.34. The molecule has 2 aromatic carbocycles. The average molecular weight is 403 g/mol. The molecule has 2 aromatic rings. The zero-order valence-electron chi connectivity index (χ0n) is 12.5. The molecule has 7 heteroatoms. The summed E-state index contributed by atoms with van der Waals surface area (Å²) in [4.78, 5) is 0.0805. The van der Waals surface area contributed by atoms with Crippen LogP contribution in [-0.2, 0) is 10.0 Å². The van der Waals surface area contributed by atoms with E-state index in [-0.39, 0.29) is 9.92 Å². The molecule has 0 radical (unpaired) electrons. The SMILES string of the molecule is O=S(=O)(c1ccc(Cl)cc1Cl)N1CC=C(c2ccc(Cl)cc2)CC1. The second kappa shape index (κ2) is 7.06. The molecule has 1 heterocycles. The molecule has 0 saturated heterocycles. The van der Waals surface area contributed by atoms with Gasteiger partial charge in [0, 0.05) is 23.1 Å². The van der Waals surface area contributed by atoms with Crippen molar-refractivity contribution < 1.29 is 8.42 Å². The first-order valence-corrected chi connectivity index (χ1v) is 9.85. The van der Waals surface area contributed by atoms with Crippen LogP contribution in [0.25, 0.3) is 5.57 Å². The fourth-order valence-electron chi connectivity index (χ4n) is 2.62. The highest BCUT2D eigenvalue weighted by Crippen LogP contribution is 2.30. The Morgan fingerprint density at radius 2 is 1.58 bits per heavy atom. The van der Waals surface area contributed by atoms with E-state index in [0.29, 0.717) is 29.6 Å². The molecule has 0 atom stereocenters. The van der Waals surface area contributed by atoms with Crippen molar-refractivity contribution in [2.45, 2.75) is 11.3 Å². The van der Waals surface area contributed by atoms with Gasteiger partial charge in [0.25, 0.3) is 0 Å². The number of benzene rings is 2. The first-order valence-electron chi connectivity index (χ1n) is 7.28. The monoisotopic (exact) mass is 401 g/mol. The molecule has 1 aliphatic heterocycles. The Hall–Kier alpha value is -1.04. The van der Waals surface area contributed by atoms with Crippen molar-refractivity contribution in [2.75, 3.05) is 13.1 Å². The van der Waals surface area contributed by atoms with Gasteiger partial charge in [-0.05, 0) is 47.9 Å². The third-order valence-electron chi connectivity index (χ3n) is 3.90. The van der Waals surface area contributed by atoms with Gasteiger partial charge in [0.1, 0.15) is 4.90 Å². The number of rotatable bonds is 3. The minimum absolute atomic E-state index is 0.0805. The minimum atomic E-state index is -3.64. The second-order valence-corrected chi connectivity index (χ2v) is 8.61. The molecule has 3 nitrogen and oxygen atoms in total. The van der Waals surface area contributed by atoms with Crippen molar-refractivity contribution in [1.82, 2.24) is 4.31 Å². The van der Waals surface area contributed by atoms with Gasteiger partial charge in [-0.25, -0.2) is 8.42 Å². The second-order valence-electron chi connectivity index (χ2n) is 5.42. The van der Waals surface area contributed by atoms with Gasteiger partial charge in [0.05, 0.1) is 5.02 Å². The quantitative estimate of drug-likeness (QED) is 0.714. The van der Waals surface area contributed by atoms with Crippen LogP contribution in [0.3, 0.4) is 0 Å². The van der Waals surface area contributed by atoms with E-state index in [1.165, 1.54) is 22.5 Å². The van der Waals surface area contributed by atoms with Gasteiger partial charge in [-0.15, -0.1) is 0 Å². The summed E-state index contributed by atoms with van der Waals surface area (Å²) in [6, 6.07) is 11.9. The molecule has 0 aromatic heterocycles. The molecule has 0 amide bonds. The summed E-state index contributed by atoms with van der Waals surface area (Å²) >= 11 is 17.8. The van der Waals surface area contributed by atoms with Crippen molar-refractivity contribution >= 4 is 50.4 Å². The molecule has 24 heavy (non-hydrogen) atoms. The number of sulfonamides is 1. The highest BCUT2D eigenvalue weighted by atomic mass is 35.5. The first-order chi connectivity index (χ1) is 11.4. The van der Waals surface area contributed by atoms with Crippen LogP contribution in [0, 0.1) is 0 Å². The highest BCUT2D eigenvalue weighted by Gasteiger charge is 2.28. The molecular formula is C17H14Cl3NO2S. The molecule has 0 fully saturated rings. The highest BCUT2D eigenvalue weighted by molar-refractivity contribution is 7.89. The minimum Gasteiger partial charge on any atom is -0.207 e. The third-order valence-corrected chi connectivity index (χ3v) is 6.73. The topological polar surface area (TPSA) is 37.4 Å². The van der Waals surface area contributed by atoms with Gasteiger partial charge in [-0.1, -0.05) is 53.0 Å². The maximum Gasteiger partial charge on any atom is 0.244 e. The summed E-state index contributed by atoms with van der Waals surface area (Å²) in [5.41, 5.74) is 2.17. The Labute approximate surface area is 156 Å². The molecule has 0 spiro atoms. The van der Waals surface area contributed by atoms with Gasteiger partial charge in [-0.3, -0.25) is 0 Å². The Balaban J connectivity index is 1.83. The summed E-state index contributed by atoms with van der Waals surface area (Å²) < 4.78 is 26.9. The molecule has 0 unspecified atom stereocenters. The number of hydrogen-bond donors (Lipinski definition) is 0. The van der Waals surface area contributed by atoms with Gasteiger partial charge in [0.15, 0.2) is 0 Å². The lowest BCUT2D eigenvalue weighted by Gasteiger charge is -2.26. The van der Waals surface area contributed by atoms with Gasteiger partial charge >= 0.3 is 0 Å². The van der Waals surface area contributed by atoms with Crippen LogP contribution >= 0.6 is 34.8 Å². The lowest BCUT2D eigenvalue weighted by molar-refractivity contribution is 0.441. The molecular weight excluding hydrogens is 389 g/mol. The normalized spacial score (nSPS) is 16.0. The fourth-order valence-corrected chi connectivity index (χ4v) is 4.87. The molecule has 0 bridgehead atoms. The van der Waals surface area contributed by atoms with Crippen LogP contribution in [0.4, 0.5) is 0 Å². The molecule has 0 saturated carbocycles. The summed E-state index contributed by atoms with van der Waals surface area (Å²) in [6.07, 6.45) is 2.56. The molecule has 0 N–H and O–H groups in total. The van der Waals surface area contributed by atoms with Crippen LogP contribution in [0.1, 0.15) is 12.0 Å². The van der Waals surface area contributed by atoms with Crippen LogP contribution in [0.2, 0.25) is 15.1 Å². The van der Waals surface area contributed by atoms with E-state index in [1.54, 1.807) is 0 Å². The van der Waals surface area contributed by atoms with E-state index >= 15 is 0 Å². The van der Waals surface area contributed by atoms with Crippen LogP contribution < -0.4 is 0 Å². The molecule has 126 valence electrons. The number of hydrogen-bond acceptors (Lipinski definition) is 2. The zero-order chi connectivity index (χ0) is 17.3. The van der Waals surface area contributed by atoms with Crippen molar-refractivity contribution in [1.29, 1.82) is 0 Å². The predicted octanol–water partition coefficient (Wildman–Crippen LogP) is 5.12. The van der Waals surface area contributed by atoms with Gasteiger partial charge < -0.3 is 0 Å². The van der Waals surface area contributed by atoms with Crippen LogP contribution in [0.15, 0.2) is 53.4 Å². The summed E-state index contributed by atoms with van der Waals surface area (Å²) in [5, 5.41) is 1.22. The third kappa shape index (κ3) is 3.63. The zero-order valence-corrected chi connectivity index (χ0v) is 15.6. The van der Waals surface area contributed by atoms with Gasteiger partial charge in [-0.2, -0.15) is 4.31 Å². The summed E-state index contributed by atoms with van der Waals surface area (Å²) in [7, 11) is -3.64. The molecule has 0 aliphatic carbocycles. The number of nitrogens with zero attached hydrogens (tertiary/aromatic N) is 1. The smallest absolute Gasteiger partial charge is 0.207 e. The summed E-state index contributed by atoms with van der Waals surface area (Å²) in [6.45, 7) is 0.703. The Kier molecular flexibility index (Phi) is 5.23. The van der Waals surface area contributed by atoms with E-state index in [1.807, 2.05) is 30.3 Å². The standard InChI is InChI=1S/C17H14Cl3NO2S/c18-14-3-1-12(2-4-14)13-7-9-21(10-8-13)24(22,23)17-6-5-15(19)11-16(17)20/h1-7,11H,8-10H2. The van der Waals surface area contributed by atoms with Crippen LogP contribution in [-0.4, -0.2) is 25.8 Å². The Morgan fingerprint density at radius 3 is 2.17 bits per heavy atom. The van der Waals surface area contributed by atoms with Gasteiger partial charge in [0.2, 0.25) is 10.0 Å². The average Bonchev–Trinajstić information content (AvgIpc) is 2.55. The summed E-state index contributed by atoms with van der Waals surface area (Å²) in [5.74, 6) is 0. The molecule has 3 rings (SSSR count). The van der Waals surface area contributed by atoms with E-state index in [0.717, 1.165) is 11.1 Å². The maximum absolute atomic E-state index is 12.8. The Morgan fingerprint density at radius 1 is 0.917 bits per heavy atom. The van der Waals surface area contributed by atoms with Crippen molar-refractivity contribution in [2.24, 2.45) is 0 Å². The lowest BCUT2D eigenvalue weighted by atomic mass is 10.0. The Bertz CT molecular complexity index is 893. The van der Waals surface area contributed by atoms with E-state index in [2.05, 4.69) is 0 Å².